The highest BCUT2D eigenvalue weighted by molar-refractivity contribution is 9.10. The number of ketones is 1. The van der Waals surface area contributed by atoms with E-state index in [0.29, 0.717) is 15.6 Å². The van der Waals surface area contributed by atoms with Crippen LogP contribution in [0.1, 0.15) is 28.3 Å². The monoisotopic (exact) mass is 333 g/mol. The molecule has 0 amide bonds. The van der Waals surface area contributed by atoms with Gasteiger partial charge in [-0.15, -0.1) is 0 Å². The maximum atomic E-state index is 12.6. The van der Waals surface area contributed by atoms with E-state index in [1.165, 1.54) is 0 Å². The Labute approximate surface area is 124 Å². The molecular weight excluding hydrogens is 322 g/mol. The third-order valence-corrected chi connectivity index (χ3v) is 3.63. The average Bonchev–Trinajstić information content (AvgIpc) is 2.45. The zero-order valence-electron chi connectivity index (χ0n) is 10.5. The van der Waals surface area contributed by atoms with Gasteiger partial charge in [-0.25, -0.2) is 0 Å². The van der Waals surface area contributed by atoms with Crippen molar-refractivity contribution in [1.82, 2.24) is 4.98 Å². The number of nitrogens with zero attached hydrogens (tertiary/aromatic N) is 1. The number of Topliss-reactive ketones (excluding diaryl/α,β-unsaturated/α-hetero) is 1. The smallest absolute Gasteiger partial charge is 0.304 e. The van der Waals surface area contributed by atoms with Gasteiger partial charge >= 0.3 is 5.97 Å². The van der Waals surface area contributed by atoms with Gasteiger partial charge in [0.05, 0.1) is 12.3 Å². The van der Waals surface area contributed by atoms with Crippen LogP contribution in [-0.4, -0.2) is 21.8 Å². The topological polar surface area (TPSA) is 67.3 Å². The van der Waals surface area contributed by atoms with Crippen LogP contribution in [0.2, 0.25) is 0 Å². The number of hydrogen-bond donors (Lipinski definition) is 1. The molecule has 1 atom stereocenters. The number of rotatable bonds is 5. The minimum atomic E-state index is -1.01. The predicted octanol–water partition coefficient (Wildman–Crippen LogP) is 3.29. The second-order valence-corrected chi connectivity index (χ2v) is 5.13. The van der Waals surface area contributed by atoms with Crippen molar-refractivity contribution in [3.05, 3.63) is 64.4 Å². The van der Waals surface area contributed by atoms with Crippen molar-refractivity contribution < 1.29 is 14.7 Å². The number of halogens is 1. The molecule has 1 aromatic heterocycles. The van der Waals surface area contributed by atoms with Gasteiger partial charge in [-0.05, 0) is 23.8 Å². The first-order valence-electron chi connectivity index (χ1n) is 6.00. The number of carbonyl (C=O) groups is 2. The zero-order chi connectivity index (χ0) is 14.5. The molecule has 0 radical (unpaired) electrons. The van der Waals surface area contributed by atoms with E-state index in [-0.39, 0.29) is 12.2 Å². The molecule has 0 spiro atoms. The summed E-state index contributed by atoms with van der Waals surface area (Å²) in [5.74, 6) is -1.94. The van der Waals surface area contributed by atoms with Gasteiger partial charge in [0, 0.05) is 22.4 Å². The maximum Gasteiger partial charge on any atom is 0.304 e. The van der Waals surface area contributed by atoms with Gasteiger partial charge < -0.3 is 5.11 Å². The number of carboxylic acid groups (broad SMARTS) is 1. The number of carbonyl (C=O) groups excluding carboxylic acids is 1. The lowest BCUT2D eigenvalue weighted by molar-refractivity contribution is -0.137. The molecule has 1 heterocycles. The molecule has 2 rings (SSSR count). The highest BCUT2D eigenvalue weighted by atomic mass is 79.9. The van der Waals surface area contributed by atoms with E-state index in [2.05, 4.69) is 20.9 Å². The first-order chi connectivity index (χ1) is 9.59. The second-order valence-electron chi connectivity index (χ2n) is 4.28. The van der Waals surface area contributed by atoms with E-state index in [0.717, 1.165) is 0 Å². The van der Waals surface area contributed by atoms with Gasteiger partial charge in [-0.2, -0.15) is 0 Å². The summed E-state index contributed by atoms with van der Waals surface area (Å²) in [4.78, 5) is 27.5. The molecule has 0 bridgehead atoms. The molecule has 1 N–H and O–H groups in total. The largest absolute Gasteiger partial charge is 0.481 e. The molecule has 5 heteroatoms. The Morgan fingerprint density at radius 1 is 1.15 bits per heavy atom. The molecule has 1 aromatic carbocycles. The lowest BCUT2D eigenvalue weighted by Crippen LogP contribution is -2.17. The van der Waals surface area contributed by atoms with Crippen molar-refractivity contribution in [3.8, 4) is 0 Å². The van der Waals surface area contributed by atoms with Gasteiger partial charge in [-0.1, -0.05) is 34.1 Å². The van der Waals surface area contributed by atoms with Crippen molar-refractivity contribution in [2.24, 2.45) is 0 Å². The molecule has 0 aliphatic carbocycles. The Kier molecular flexibility index (Phi) is 4.63. The average molecular weight is 334 g/mol. The summed E-state index contributed by atoms with van der Waals surface area (Å²) in [6.07, 6.45) is 2.86. The van der Waals surface area contributed by atoms with E-state index in [4.69, 9.17) is 5.11 Å². The molecule has 1 unspecified atom stereocenters. The van der Waals surface area contributed by atoms with Crippen LogP contribution in [0.5, 0.6) is 0 Å². The highest BCUT2D eigenvalue weighted by Crippen LogP contribution is 2.27. The summed E-state index contributed by atoms with van der Waals surface area (Å²) < 4.78 is 0.662. The van der Waals surface area contributed by atoms with Crippen molar-refractivity contribution in [1.29, 1.82) is 0 Å². The summed E-state index contributed by atoms with van der Waals surface area (Å²) in [7, 11) is 0. The molecule has 0 aliphatic rings. The van der Waals surface area contributed by atoms with Gasteiger partial charge in [0.25, 0.3) is 0 Å². The lowest BCUT2D eigenvalue weighted by atomic mass is 9.88. The molecule has 20 heavy (non-hydrogen) atoms. The normalized spacial score (nSPS) is 11.8. The third kappa shape index (κ3) is 3.30. The maximum absolute atomic E-state index is 12.6. The van der Waals surface area contributed by atoms with Crippen molar-refractivity contribution in [3.63, 3.8) is 0 Å². The summed E-state index contributed by atoms with van der Waals surface area (Å²) in [6, 6.07) is 10.3. The van der Waals surface area contributed by atoms with E-state index in [1.807, 2.05) is 0 Å². The van der Waals surface area contributed by atoms with E-state index in [9.17, 15) is 9.59 Å². The lowest BCUT2D eigenvalue weighted by Gasteiger charge is -2.15. The summed E-state index contributed by atoms with van der Waals surface area (Å²) in [5.41, 5.74) is 1.14. The van der Waals surface area contributed by atoms with Crippen LogP contribution in [0.15, 0.2) is 53.3 Å². The minimum Gasteiger partial charge on any atom is -0.481 e. The molecule has 2 aromatic rings. The van der Waals surface area contributed by atoms with E-state index in [1.54, 1.807) is 48.8 Å². The van der Waals surface area contributed by atoms with Crippen LogP contribution in [0.3, 0.4) is 0 Å². The molecule has 0 aliphatic heterocycles. The molecule has 4 nitrogen and oxygen atoms in total. The fourth-order valence-electron chi connectivity index (χ4n) is 1.98. The Bertz CT molecular complexity index is 628. The number of pyridine rings is 1. The van der Waals surface area contributed by atoms with Crippen LogP contribution < -0.4 is 0 Å². The predicted molar refractivity (Wildman–Crippen MR) is 77.7 cm³/mol. The van der Waals surface area contributed by atoms with Crippen LogP contribution >= 0.6 is 15.9 Å². The van der Waals surface area contributed by atoms with Crippen molar-refractivity contribution in [2.75, 3.05) is 0 Å². The zero-order valence-corrected chi connectivity index (χ0v) is 12.1. The number of aromatic nitrogens is 1. The van der Waals surface area contributed by atoms with Gasteiger partial charge in [0.15, 0.2) is 5.78 Å². The van der Waals surface area contributed by atoms with Crippen LogP contribution in [0, 0.1) is 0 Å². The van der Waals surface area contributed by atoms with Crippen molar-refractivity contribution in [2.45, 2.75) is 12.3 Å². The fraction of sp³-hybridized carbons (Fsp3) is 0.133. The Morgan fingerprint density at radius 2 is 1.80 bits per heavy atom. The highest BCUT2D eigenvalue weighted by Gasteiger charge is 2.25. The summed E-state index contributed by atoms with van der Waals surface area (Å²) in [6.45, 7) is 0. The summed E-state index contributed by atoms with van der Waals surface area (Å²) in [5, 5.41) is 9.03. The number of benzene rings is 1. The van der Waals surface area contributed by atoms with Gasteiger partial charge in [0.1, 0.15) is 0 Å². The Hall–Kier alpha value is -2.01. The molecule has 102 valence electrons. The standard InChI is InChI=1S/C15H12BrNO3/c16-13-4-2-1-3-11(13)15(20)12(9-14(18)19)10-5-7-17-8-6-10/h1-8,12H,9H2,(H,18,19). The SMILES string of the molecule is O=C(O)CC(C(=O)c1ccccc1Br)c1ccncc1. The number of hydrogen-bond acceptors (Lipinski definition) is 3. The first-order valence-corrected chi connectivity index (χ1v) is 6.79. The number of aliphatic carboxylic acids is 1. The van der Waals surface area contributed by atoms with Gasteiger partial charge in [0.2, 0.25) is 0 Å². The van der Waals surface area contributed by atoms with E-state index < -0.39 is 11.9 Å². The van der Waals surface area contributed by atoms with Crippen molar-refractivity contribution >= 4 is 27.7 Å². The van der Waals surface area contributed by atoms with Crippen LogP contribution in [0.25, 0.3) is 0 Å². The molecule has 0 fully saturated rings. The second kappa shape index (κ2) is 6.43. The fourth-order valence-corrected chi connectivity index (χ4v) is 2.46. The summed E-state index contributed by atoms with van der Waals surface area (Å²) >= 11 is 3.32. The quantitative estimate of drug-likeness (QED) is 0.852. The van der Waals surface area contributed by atoms with Gasteiger partial charge in [-0.3, -0.25) is 14.6 Å². The van der Waals surface area contributed by atoms with Crippen LogP contribution in [0.4, 0.5) is 0 Å². The Morgan fingerprint density at radius 3 is 2.40 bits per heavy atom. The number of carboxylic acids is 1. The first kappa shape index (κ1) is 14.4. The third-order valence-electron chi connectivity index (χ3n) is 2.94. The molecule has 0 saturated carbocycles. The van der Waals surface area contributed by atoms with Crippen LogP contribution in [-0.2, 0) is 4.79 Å². The minimum absolute atomic E-state index is 0.217. The Balaban J connectivity index is 2.40. The molecule has 0 saturated heterocycles. The molecular formula is C15H12BrNO3. The van der Waals surface area contributed by atoms with E-state index >= 15 is 0 Å².